The van der Waals surface area contributed by atoms with Crippen LogP contribution in [0.5, 0.6) is 0 Å². The lowest BCUT2D eigenvalue weighted by atomic mass is 9.94. The number of β-amino-alcohol motifs (C(OH)–C–C–N with tert-alkyl or cyclic N) is 1. The van der Waals surface area contributed by atoms with Crippen molar-refractivity contribution in [2.75, 3.05) is 18.0 Å². The summed E-state index contributed by atoms with van der Waals surface area (Å²) in [6.45, 7) is 1.30. The fourth-order valence-electron chi connectivity index (χ4n) is 3.04. The Balaban J connectivity index is 2.05. The van der Waals surface area contributed by atoms with Crippen LogP contribution < -0.4 is 10.6 Å². The van der Waals surface area contributed by atoms with Gasteiger partial charge in [0.25, 0.3) is 0 Å². The highest BCUT2D eigenvalue weighted by molar-refractivity contribution is 6.01. The number of nitrogens with zero attached hydrogens (tertiary/aromatic N) is 3. The topological polar surface area (TPSA) is 95.0 Å². The Morgan fingerprint density at radius 1 is 1.40 bits per heavy atom. The van der Waals surface area contributed by atoms with E-state index in [9.17, 15) is 5.11 Å². The molecule has 6 nitrogen and oxygen atoms in total. The summed E-state index contributed by atoms with van der Waals surface area (Å²) in [6, 6.07) is 2.00. The Hall–Kier alpha value is -1.82. The van der Waals surface area contributed by atoms with Crippen LogP contribution in [0.25, 0.3) is 0 Å². The quantitative estimate of drug-likeness (QED) is 0.319. The number of hydrogen-bond acceptors (Lipinski definition) is 5. The molecule has 1 aromatic rings. The molecule has 0 spiro atoms. The summed E-state index contributed by atoms with van der Waals surface area (Å²) >= 11 is 0. The number of anilines is 1. The number of amidine groups is 1. The molecular formula is C14H20N4O2. The van der Waals surface area contributed by atoms with Gasteiger partial charge in [0.15, 0.2) is 5.84 Å². The van der Waals surface area contributed by atoms with Crippen LogP contribution in [0.3, 0.4) is 0 Å². The first-order valence-corrected chi connectivity index (χ1v) is 7.12. The first kappa shape index (κ1) is 13.2. The maximum Gasteiger partial charge on any atom is 0.173 e. The van der Waals surface area contributed by atoms with Gasteiger partial charge in [0.2, 0.25) is 0 Å². The number of aryl methyl sites for hydroxylation is 2. The molecule has 2 aliphatic rings. The number of aromatic nitrogens is 1. The normalized spacial score (nSPS) is 22.9. The van der Waals surface area contributed by atoms with Crippen LogP contribution in [0, 0.1) is 0 Å². The molecule has 1 aliphatic heterocycles. The number of aliphatic hydroxyl groups is 1. The molecule has 0 radical (unpaired) electrons. The van der Waals surface area contributed by atoms with E-state index in [0.29, 0.717) is 12.1 Å². The van der Waals surface area contributed by atoms with Crippen LogP contribution in [0.1, 0.15) is 36.1 Å². The zero-order valence-electron chi connectivity index (χ0n) is 11.4. The van der Waals surface area contributed by atoms with E-state index in [1.807, 2.05) is 11.0 Å². The van der Waals surface area contributed by atoms with E-state index >= 15 is 0 Å². The van der Waals surface area contributed by atoms with Crippen molar-refractivity contribution in [1.82, 2.24) is 4.98 Å². The average molecular weight is 276 g/mol. The summed E-state index contributed by atoms with van der Waals surface area (Å²) in [5, 5.41) is 21.8. The standard InChI is InChI=1S/C14H20N4O2/c15-13(17-20)11-7-9-3-1-2-4-12(9)16-14(11)18-6-5-10(19)8-18/h7,10,19-20H,1-6,8H2,(H2,15,17). The van der Waals surface area contributed by atoms with Gasteiger partial charge in [-0.3, -0.25) is 0 Å². The summed E-state index contributed by atoms with van der Waals surface area (Å²) < 4.78 is 0. The third kappa shape index (κ3) is 2.31. The molecule has 0 aromatic carbocycles. The second-order valence-corrected chi connectivity index (χ2v) is 5.55. The predicted molar refractivity (Wildman–Crippen MR) is 76.2 cm³/mol. The van der Waals surface area contributed by atoms with Gasteiger partial charge in [-0.15, -0.1) is 0 Å². The van der Waals surface area contributed by atoms with Crippen LogP contribution >= 0.6 is 0 Å². The largest absolute Gasteiger partial charge is 0.409 e. The molecule has 108 valence electrons. The van der Waals surface area contributed by atoms with Gasteiger partial charge in [-0.25, -0.2) is 4.98 Å². The molecule has 20 heavy (non-hydrogen) atoms. The lowest BCUT2D eigenvalue weighted by molar-refractivity contribution is 0.198. The van der Waals surface area contributed by atoms with E-state index in [1.54, 1.807) is 0 Å². The molecular weight excluding hydrogens is 256 g/mol. The third-order valence-electron chi connectivity index (χ3n) is 4.13. The highest BCUT2D eigenvalue weighted by atomic mass is 16.4. The Morgan fingerprint density at radius 3 is 2.90 bits per heavy atom. The van der Waals surface area contributed by atoms with E-state index in [0.717, 1.165) is 50.2 Å². The fraction of sp³-hybridized carbons (Fsp3) is 0.571. The van der Waals surface area contributed by atoms with Gasteiger partial charge in [0.1, 0.15) is 5.82 Å². The number of pyridine rings is 1. The lowest BCUT2D eigenvalue weighted by Gasteiger charge is -2.24. The van der Waals surface area contributed by atoms with Crippen LogP contribution in [0.2, 0.25) is 0 Å². The van der Waals surface area contributed by atoms with Crippen molar-refractivity contribution in [3.8, 4) is 0 Å². The summed E-state index contributed by atoms with van der Waals surface area (Å²) in [5.41, 5.74) is 8.78. The van der Waals surface area contributed by atoms with Gasteiger partial charge >= 0.3 is 0 Å². The summed E-state index contributed by atoms with van der Waals surface area (Å²) in [4.78, 5) is 6.76. The van der Waals surface area contributed by atoms with Crippen molar-refractivity contribution in [1.29, 1.82) is 0 Å². The minimum Gasteiger partial charge on any atom is -0.409 e. The van der Waals surface area contributed by atoms with E-state index < -0.39 is 0 Å². The highest BCUT2D eigenvalue weighted by Gasteiger charge is 2.26. The van der Waals surface area contributed by atoms with E-state index in [1.165, 1.54) is 5.56 Å². The lowest BCUT2D eigenvalue weighted by Crippen LogP contribution is -2.28. The van der Waals surface area contributed by atoms with Crippen LogP contribution in [0.4, 0.5) is 5.82 Å². The van der Waals surface area contributed by atoms with E-state index in [2.05, 4.69) is 5.16 Å². The molecule has 1 fully saturated rings. The zero-order chi connectivity index (χ0) is 14.1. The Kier molecular flexibility index (Phi) is 3.48. The predicted octanol–water partition coefficient (Wildman–Crippen LogP) is 0.626. The molecule has 1 unspecified atom stereocenters. The Bertz CT molecular complexity index is 544. The molecule has 3 rings (SSSR count). The van der Waals surface area contributed by atoms with Gasteiger partial charge in [-0.2, -0.15) is 0 Å². The minimum atomic E-state index is -0.326. The molecule has 1 atom stereocenters. The van der Waals surface area contributed by atoms with Crippen molar-refractivity contribution in [2.24, 2.45) is 10.9 Å². The highest BCUT2D eigenvalue weighted by Crippen LogP contribution is 2.28. The minimum absolute atomic E-state index is 0.0854. The number of aliphatic hydroxyl groups excluding tert-OH is 1. The van der Waals surface area contributed by atoms with Crippen molar-refractivity contribution < 1.29 is 10.3 Å². The van der Waals surface area contributed by atoms with Crippen molar-refractivity contribution >= 4 is 11.7 Å². The number of oxime groups is 1. The molecule has 0 bridgehead atoms. The molecule has 0 amide bonds. The molecule has 0 saturated carbocycles. The third-order valence-corrected chi connectivity index (χ3v) is 4.13. The molecule has 1 aromatic heterocycles. The monoisotopic (exact) mass is 276 g/mol. The first-order valence-electron chi connectivity index (χ1n) is 7.12. The molecule has 6 heteroatoms. The van der Waals surface area contributed by atoms with Crippen molar-refractivity contribution in [3.63, 3.8) is 0 Å². The van der Waals surface area contributed by atoms with Gasteiger partial charge in [0, 0.05) is 18.8 Å². The van der Waals surface area contributed by atoms with Crippen LogP contribution in [-0.4, -0.2) is 40.3 Å². The maximum atomic E-state index is 9.71. The van der Waals surface area contributed by atoms with Crippen LogP contribution in [-0.2, 0) is 12.8 Å². The Morgan fingerprint density at radius 2 is 2.20 bits per heavy atom. The van der Waals surface area contributed by atoms with Gasteiger partial charge in [0.05, 0.1) is 11.7 Å². The average Bonchev–Trinajstić information content (AvgIpc) is 2.91. The molecule has 1 aliphatic carbocycles. The SMILES string of the molecule is NC(=NO)c1cc2c(nc1N1CCC(O)C1)CCCC2. The summed E-state index contributed by atoms with van der Waals surface area (Å²) in [7, 11) is 0. The van der Waals surface area contributed by atoms with Gasteiger partial charge < -0.3 is 20.9 Å². The molecule has 1 saturated heterocycles. The fourth-order valence-corrected chi connectivity index (χ4v) is 3.04. The number of fused-ring (bicyclic) bond motifs is 1. The summed E-state index contributed by atoms with van der Waals surface area (Å²) in [6.07, 6.45) is 4.70. The first-order chi connectivity index (χ1) is 9.69. The van der Waals surface area contributed by atoms with Gasteiger partial charge in [-0.05, 0) is 43.7 Å². The van der Waals surface area contributed by atoms with Crippen molar-refractivity contribution in [2.45, 2.75) is 38.2 Å². The van der Waals surface area contributed by atoms with E-state index in [-0.39, 0.29) is 11.9 Å². The van der Waals surface area contributed by atoms with Crippen molar-refractivity contribution in [3.05, 3.63) is 22.9 Å². The second kappa shape index (κ2) is 5.28. The van der Waals surface area contributed by atoms with Gasteiger partial charge in [-0.1, -0.05) is 5.16 Å². The molecule has 4 N–H and O–H groups in total. The zero-order valence-corrected chi connectivity index (χ0v) is 11.4. The van der Waals surface area contributed by atoms with Crippen LogP contribution in [0.15, 0.2) is 11.2 Å². The number of nitrogens with two attached hydrogens (primary N) is 1. The summed E-state index contributed by atoms with van der Waals surface area (Å²) in [5.74, 6) is 0.819. The second-order valence-electron chi connectivity index (χ2n) is 5.55. The molecule has 2 heterocycles. The Labute approximate surface area is 117 Å². The smallest absolute Gasteiger partial charge is 0.173 e. The number of hydrogen-bond donors (Lipinski definition) is 3. The van der Waals surface area contributed by atoms with E-state index in [4.69, 9.17) is 15.9 Å². The maximum absolute atomic E-state index is 9.71. The number of rotatable bonds is 2.